The third-order valence-electron chi connectivity index (χ3n) is 2.69. The number of hydrogen-bond acceptors (Lipinski definition) is 4. The Labute approximate surface area is 110 Å². The van der Waals surface area contributed by atoms with Gasteiger partial charge in [0.2, 0.25) is 5.91 Å². The van der Waals surface area contributed by atoms with Crippen molar-refractivity contribution in [3.05, 3.63) is 0 Å². The summed E-state index contributed by atoms with van der Waals surface area (Å²) in [7, 11) is 0. The monoisotopic (exact) mass is 258 g/mol. The van der Waals surface area contributed by atoms with Gasteiger partial charge in [-0.2, -0.15) is 0 Å². The van der Waals surface area contributed by atoms with Crippen molar-refractivity contribution in [3.63, 3.8) is 0 Å². The summed E-state index contributed by atoms with van der Waals surface area (Å²) in [6.07, 6.45) is 0.468. The van der Waals surface area contributed by atoms with Crippen LogP contribution < -0.4 is 5.32 Å². The molecule has 0 aliphatic carbocycles. The van der Waals surface area contributed by atoms with Crippen molar-refractivity contribution >= 4 is 5.91 Å². The lowest BCUT2D eigenvalue weighted by atomic mass is 10.2. The van der Waals surface area contributed by atoms with Crippen LogP contribution in [-0.4, -0.2) is 62.4 Å². The SMILES string of the molecule is CC(C)(C)OCCOCCC(=O)N1CCNCC1. The first-order valence-electron chi connectivity index (χ1n) is 6.69. The minimum absolute atomic E-state index is 0.125. The van der Waals surface area contributed by atoms with Gasteiger partial charge in [-0.1, -0.05) is 0 Å². The second-order valence-corrected chi connectivity index (χ2v) is 5.45. The van der Waals surface area contributed by atoms with Crippen molar-refractivity contribution in [2.75, 3.05) is 46.0 Å². The molecule has 0 aromatic heterocycles. The van der Waals surface area contributed by atoms with Crippen LogP contribution in [-0.2, 0) is 14.3 Å². The van der Waals surface area contributed by atoms with Crippen molar-refractivity contribution in [2.24, 2.45) is 0 Å². The van der Waals surface area contributed by atoms with Crippen LogP contribution in [0, 0.1) is 0 Å². The van der Waals surface area contributed by atoms with Gasteiger partial charge in [0, 0.05) is 26.2 Å². The van der Waals surface area contributed by atoms with Gasteiger partial charge < -0.3 is 19.7 Å². The van der Waals surface area contributed by atoms with E-state index in [9.17, 15) is 4.79 Å². The second-order valence-electron chi connectivity index (χ2n) is 5.45. The number of hydrogen-bond donors (Lipinski definition) is 1. The second kappa shape index (κ2) is 7.71. The van der Waals surface area contributed by atoms with Crippen LogP contribution in [0.5, 0.6) is 0 Å². The quantitative estimate of drug-likeness (QED) is 0.710. The zero-order valence-corrected chi connectivity index (χ0v) is 11.8. The predicted octanol–water partition coefficient (Wildman–Crippen LogP) is 0.640. The van der Waals surface area contributed by atoms with E-state index >= 15 is 0 Å². The minimum atomic E-state index is -0.125. The molecular formula is C13H26N2O3. The maximum atomic E-state index is 11.8. The van der Waals surface area contributed by atoms with Crippen LogP contribution in [0.15, 0.2) is 0 Å². The molecule has 0 aromatic rings. The van der Waals surface area contributed by atoms with E-state index in [-0.39, 0.29) is 11.5 Å². The number of ether oxygens (including phenoxy) is 2. The summed E-state index contributed by atoms with van der Waals surface area (Å²) in [5.41, 5.74) is -0.125. The summed E-state index contributed by atoms with van der Waals surface area (Å²) in [6.45, 7) is 11.1. The van der Waals surface area contributed by atoms with E-state index in [1.807, 2.05) is 25.7 Å². The average molecular weight is 258 g/mol. The molecule has 0 saturated carbocycles. The molecule has 1 rings (SSSR count). The molecule has 1 saturated heterocycles. The molecule has 1 heterocycles. The number of amides is 1. The summed E-state index contributed by atoms with van der Waals surface area (Å²) in [4.78, 5) is 13.7. The molecule has 5 heteroatoms. The maximum Gasteiger partial charge on any atom is 0.224 e. The van der Waals surface area contributed by atoms with Crippen LogP contribution in [0.2, 0.25) is 0 Å². The van der Waals surface area contributed by atoms with Crippen molar-refractivity contribution in [3.8, 4) is 0 Å². The number of carbonyl (C=O) groups is 1. The summed E-state index contributed by atoms with van der Waals surface area (Å²) in [5, 5.41) is 3.23. The van der Waals surface area contributed by atoms with Crippen molar-refractivity contribution < 1.29 is 14.3 Å². The number of nitrogens with one attached hydrogen (secondary N) is 1. The highest BCUT2D eigenvalue weighted by Gasteiger charge is 2.15. The van der Waals surface area contributed by atoms with Gasteiger partial charge in [0.05, 0.1) is 31.8 Å². The van der Waals surface area contributed by atoms with E-state index in [1.54, 1.807) is 0 Å². The minimum Gasteiger partial charge on any atom is -0.379 e. The molecule has 106 valence electrons. The molecular weight excluding hydrogens is 232 g/mol. The van der Waals surface area contributed by atoms with E-state index in [0.29, 0.717) is 26.2 Å². The lowest BCUT2D eigenvalue weighted by Gasteiger charge is -2.27. The van der Waals surface area contributed by atoms with Gasteiger partial charge in [0.15, 0.2) is 0 Å². The molecule has 1 aliphatic heterocycles. The van der Waals surface area contributed by atoms with E-state index in [4.69, 9.17) is 9.47 Å². The smallest absolute Gasteiger partial charge is 0.224 e. The first-order valence-corrected chi connectivity index (χ1v) is 6.69. The third-order valence-corrected chi connectivity index (χ3v) is 2.69. The van der Waals surface area contributed by atoms with Crippen LogP contribution in [0.4, 0.5) is 0 Å². The zero-order chi connectivity index (χ0) is 13.4. The number of rotatable bonds is 6. The van der Waals surface area contributed by atoms with Gasteiger partial charge >= 0.3 is 0 Å². The Kier molecular flexibility index (Phi) is 6.60. The number of carbonyl (C=O) groups excluding carboxylic acids is 1. The molecule has 18 heavy (non-hydrogen) atoms. The van der Waals surface area contributed by atoms with Gasteiger partial charge in [-0.05, 0) is 20.8 Å². The Bertz CT molecular complexity index is 245. The lowest BCUT2D eigenvalue weighted by Crippen LogP contribution is -2.46. The van der Waals surface area contributed by atoms with E-state index < -0.39 is 0 Å². The normalized spacial score (nSPS) is 16.9. The van der Waals surface area contributed by atoms with Gasteiger partial charge in [0.25, 0.3) is 0 Å². The third kappa shape index (κ3) is 6.93. The highest BCUT2D eigenvalue weighted by atomic mass is 16.5. The summed E-state index contributed by atoms with van der Waals surface area (Å²) < 4.78 is 10.9. The Morgan fingerprint density at radius 1 is 1.17 bits per heavy atom. The van der Waals surface area contributed by atoms with E-state index in [0.717, 1.165) is 26.2 Å². The Hall–Kier alpha value is -0.650. The molecule has 0 radical (unpaired) electrons. The van der Waals surface area contributed by atoms with Crippen LogP contribution in [0.3, 0.4) is 0 Å². The zero-order valence-electron chi connectivity index (χ0n) is 11.8. The Morgan fingerprint density at radius 3 is 2.44 bits per heavy atom. The van der Waals surface area contributed by atoms with E-state index in [1.165, 1.54) is 0 Å². The molecule has 1 fully saturated rings. The lowest BCUT2D eigenvalue weighted by molar-refractivity contribution is -0.133. The Balaban J connectivity index is 1.98. The molecule has 5 nitrogen and oxygen atoms in total. The van der Waals surface area contributed by atoms with Gasteiger partial charge in [-0.25, -0.2) is 0 Å². The van der Waals surface area contributed by atoms with Crippen LogP contribution in [0.1, 0.15) is 27.2 Å². The standard InChI is InChI=1S/C13H26N2O3/c1-13(2,3)18-11-10-17-9-4-12(16)15-7-5-14-6-8-15/h14H,4-11H2,1-3H3. The highest BCUT2D eigenvalue weighted by molar-refractivity contribution is 5.76. The fourth-order valence-electron chi connectivity index (χ4n) is 1.74. The van der Waals surface area contributed by atoms with Crippen LogP contribution in [0.25, 0.3) is 0 Å². The highest BCUT2D eigenvalue weighted by Crippen LogP contribution is 2.05. The Morgan fingerprint density at radius 2 is 1.83 bits per heavy atom. The number of piperazine rings is 1. The van der Waals surface area contributed by atoms with E-state index in [2.05, 4.69) is 5.32 Å². The maximum absolute atomic E-state index is 11.8. The van der Waals surface area contributed by atoms with Crippen molar-refractivity contribution in [1.29, 1.82) is 0 Å². The van der Waals surface area contributed by atoms with Crippen molar-refractivity contribution in [1.82, 2.24) is 10.2 Å². The predicted molar refractivity (Wildman–Crippen MR) is 70.6 cm³/mol. The summed E-state index contributed by atoms with van der Waals surface area (Å²) in [5.74, 6) is 0.188. The molecule has 0 atom stereocenters. The van der Waals surface area contributed by atoms with Crippen LogP contribution >= 0.6 is 0 Å². The molecule has 1 N–H and O–H groups in total. The fourth-order valence-corrected chi connectivity index (χ4v) is 1.74. The summed E-state index contributed by atoms with van der Waals surface area (Å²) >= 11 is 0. The topological polar surface area (TPSA) is 50.8 Å². The molecule has 1 aliphatic rings. The van der Waals surface area contributed by atoms with Crippen molar-refractivity contribution in [2.45, 2.75) is 32.8 Å². The molecule has 0 bridgehead atoms. The molecule has 1 amide bonds. The largest absolute Gasteiger partial charge is 0.379 e. The first-order chi connectivity index (χ1) is 8.49. The molecule has 0 spiro atoms. The summed E-state index contributed by atoms with van der Waals surface area (Å²) in [6, 6.07) is 0. The first kappa shape index (κ1) is 15.4. The number of nitrogens with zero attached hydrogens (tertiary/aromatic N) is 1. The van der Waals surface area contributed by atoms with Gasteiger partial charge in [-0.3, -0.25) is 4.79 Å². The molecule has 0 aromatic carbocycles. The fraction of sp³-hybridized carbons (Fsp3) is 0.923. The molecule has 0 unspecified atom stereocenters. The average Bonchev–Trinajstić information content (AvgIpc) is 2.33. The van der Waals surface area contributed by atoms with Gasteiger partial charge in [-0.15, -0.1) is 0 Å². The van der Waals surface area contributed by atoms with Gasteiger partial charge in [0.1, 0.15) is 0 Å².